The Balaban J connectivity index is 1.89. The monoisotopic (exact) mass is 348 g/mol. The van der Waals surface area contributed by atoms with E-state index in [4.69, 9.17) is 9.84 Å². The van der Waals surface area contributed by atoms with E-state index in [-0.39, 0.29) is 18.5 Å². The van der Waals surface area contributed by atoms with Crippen LogP contribution in [0.2, 0.25) is 0 Å². The van der Waals surface area contributed by atoms with Gasteiger partial charge >= 0.3 is 12.0 Å². The van der Waals surface area contributed by atoms with Gasteiger partial charge in [-0.15, -0.1) is 0 Å². The zero-order chi connectivity index (χ0) is 18.1. The van der Waals surface area contributed by atoms with Crippen LogP contribution in [0, 0.1) is 5.92 Å². The van der Waals surface area contributed by atoms with E-state index >= 15 is 0 Å². The van der Waals surface area contributed by atoms with Crippen molar-refractivity contribution in [3.05, 3.63) is 35.9 Å². The number of benzene rings is 1. The Labute approximate surface area is 149 Å². The van der Waals surface area contributed by atoms with Crippen molar-refractivity contribution in [2.45, 2.75) is 38.1 Å². The van der Waals surface area contributed by atoms with Crippen LogP contribution in [0.5, 0.6) is 0 Å². The lowest BCUT2D eigenvalue weighted by Gasteiger charge is -2.33. The molecule has 0 aliphatic carbocycles. The number of carboxylic acids is 1. The highest BCUT2D eigenvalue weighted by molar-refractivity contribution is 5.74. The fourth-order valence-electron chi connectivity index (χ4n) is 3.23. The van der Waals surface area contributed by atoms with Gasteiger partial charge in [-0.2, -0.15) is 0 Å². The Morgan fingerprint density at radius 3 is 2.56 bits per heavy atom. The smallest absolute Gasteiger partial charge is 0.317 e. The maximum absolute atomic E-state index is 12.5. The molecule has 2 N–H and O–H groups in total. The number of hydrogen-bond acceptors (Lipinski definition) is 3. The van der Waals surface area contributed by atoms with Gasteiger partial charge in [-0.25, -0.2) is 4.79 Å². The lowest BCUT2D eigenvalue weighted by atomic mass is 9.98. The predicted molar refractivity (Wildman–Crippen MR) is 95.5 cm³/mol. The minimum Gasteiger partial charge on any atom is -0.481 e. The van der Waals surface area contributed by atoms with Crippen LogP contribution in [-0.2, 0) is 16.0 Å². The number of urea groups is 1. The van der Waals surface area contributed by atoms with Gasteiger partial charge in [0.1, 0.15) is 0 Å². The number of hydrogen-bond donors (Lipinski definition) is 2. The van der Waals surface area contributed by atoms with Gasteiger partial charge in [-0.1, -0.05) is 30.3 Å². The lowest BCUT2D eigenvalue weighted by molar-refractivity contribution is -0.137. The first-order valence-corrected chi connectivity index (χ1v) is 8.88. The number of nitrogens with zero attached hydrogens (tertiary/aromatic N) is 1. The number of methoxy groups -OCH3 is 1. The third kappa shape index (κ3) is 6.74. The van der Waals surface area contributed by atoms with E-state index in [1.807, 2.05) is 35.2 Å². The molecule has 1 fully saturated rings. The number of carbonyl (C=O) groups excluding carboxylic acids is 1. The lowest BCUT2D eigenvalue weighted by Crippen LogP contribution is -2.48. The van der Waals surface area contributed by atoms with Crippen LogP contribution in [0.1, 0.15) is 31.2 Å². The Bertz CT molecular complexity index is 542. The molecule has 6 nitrogen and oxygen atoms in total. The van der Waals surface area contributed by atoms with Gasteiger partial charge in [0.2, 0.25) is 0 Å². The molecule has 0 radical (unpaired) electrons. The molecule has 1 aliphatic heterocycles. The van der Waals surface area contributed by atoms with Crippen molar-refractivity contribution >= 4 is 12.0 Å². The highest BCUT2D eigenvalue weighted by Crippen LogP contribution is 2.18. The number of nitrogens with one attached hydrogen (secondary N) is 1. The quantitative estimate of drug-likeness (QED) is 0.757. The third-order valence-electron chi connectivity index (χ3n) is 4.66. The first-order chi connectivity index (χ1) is 12.1. The molecule has 2 rings (SSSR count). The summed E-state index contributed by atoms with van der Waals surface area (Å²) in [6.45, 7) is 2.18. The molecule has 1 unspecified atom stereocenters. The zero-order valence-corrected chi connectivity index (χ0v) is 14.8. The molecule has 6 heteroatoms. The maximum Gasteiger partial charge on any atom is 0.317 e. The molecule has 0 bridgehead atoms. The van der Waals surface area contributed by atoms with Crippen LogP contribution in [0.3, 0.4) is 0 Å². The molecule has 1 saturated heterocycles. The Morgan fingerprint density at radius 2 is 1.96 bits per heavy atom. The molecule has 1 aromatic rings. The van der Waals surface area contributed by atoms with E-state index in [2.05, 4.69) is 5.32 Å². The van der Waals surface area contributed by atoms with E-state index in [0.29, 0.717) is 18.8 Å². The van der Waals surface area contributed by atoms with Gasteiger partial charge in [-0.3, -0.25) is 4.79 Å². The highest BCUT2D eigenvalue weighted by atomic mass is 16.5. The summed E-state index contributed by atoms with van der Waals surface area (Å²) in [4.78, 5) is 25.3. The van der Waals surface area contributed by atoms with Crippen molar-refractivity contribution in [3.8, 4) is 0 Å². The van der Waals surface area contributed by atoms with Gasteiger partial charge in [0.25, 0.3) is 0 Å². The van der Waals surface area contributed by atoms with E-state index < -0.39 is 5.97 Å². The molecular weight excluding hydrogens is 320 g/mol. The molecule has 0 saturated carbocycles. The average molecular weight is 348 g/mol. The number of amides is 2. The van der Waals surface area contributed by atoms with Crippen LogP contribution >= 0.6 is 0 Å². The van der Waals surface area contributed by atoms with Crippen molar-refractivity contribution in [2.75, 3.05) is 26.8 Å². The molecule has 25 heavy (non-hydrogen) atoms. The van der Waals surface area contributed by atoms with E-state index in [1.54, 1.807) is 7.11 Å². The summed E-state index contributed by atoms with van der Waals surface area (Å²) in [6.07, 6.45) is 3.00. The molecule has 0 aromatic heterocycles. The van der Waals surface area contributed by atoms with Crippen molar-refractivity contribution in [3.63, 3.8) is 0 Å². The molecule has 1 aliphatic rings. The second-order valence-corrected chi connectivity index (χ2v) is 6.65. The second-order valence-electron chi connectivity index (χ2n) is 6.65. The number of carbonyl (C=O) groups is 2. The minimum absolute atomic E-state index is 0.0493. The predicted octanol–water partition coefficient (Wildman–Crippen LogP) is 2.53. The second kappa shape index (κ2) is 10.0. The number of ether oxygens (including phenoxy) is 1. The largest absolute Gasteiger partial charge is 0.481 e. The molecule has 2 amide bonds. The highest BCUT2D eigenvalue weighted by Gasteiger charge is 2.24. The van der Waals surface area contributed by atoms with Crippen LogP contribution in [0.4, 0.5) is 4.79 Å². The van der Waals surface area contributed by atoms with Gasteiger partial charge in [0.05, 0.1) is 0 Å². The number of aliphatic carboxylic acids is 1. The first kappa shape index (κ1) is 19.2. The molecule has 0 spiro atoms. The molecular formula is C19H28N2O4. The van der Waals surface area contributed by atoms with Crippen LogP contribution < -0.4 is 5.32 Å². The first-order valence-electron chi connectivity index (χ1n) is 8.88. The fraction of sp³-hybridized carbons (Fsp3) is 0.579. The molecule has 1 heterocycles. The van der Waals surface area contributed by atoms with E-state index in [9.17, 15) is 9.59 Å². The van der Waals surface area contributed by atoms with Gasteiger partial charge in [-0.05, 0) is 37.2 Å². The minimum atomic E-state index is -0.840. The normalized spacial score (nSPS) is 16.4. The average Bonchev–Trinajstić information content (AvgIpc) is 2.61. The maximum atomic E-state index is 12.5. The van der Waals surface area contributed by atoms with Gasteiger partial charge in [0, 0.05) is 39.3 Å². The summed E-state index contributed by atoms with van der Waals surface area (Å²) >= 11 is 0. The Morgan fingerprint density at radius 1 is 1.28 bits per heavy atom. The number of carboxylic acid groups (broad SMARTS) is 1. The Kier molecular flexibility index (Phi) is 7.73. The van der Waals surface area contributed by atoms with Crippen molar-refractivity contribution in [1.29, 1.82) is 0 Å². The van der Waals surface area contributed by atoms with E-state index in [0.717, 1.165) is 38.1 Å². The number of rotatable bonds is 8. The van der Waals surface area contributed by atoms with Gasteiger partial charge < -0.3 is 20.1 Å². The summed E-state index contributed by atoms with van der Waals surface area (Å²) in [5, 5.41) is 12.0. The topological polar surface area (TPSA) is 78.9 Å². The zero-order valence-electron chi connectivity index (χ0n) is 14.8. The van der Waals surface area contributed by atoms with Crippen LogP contribution in [0.25, 0.3) is 0 Å². The van der Waals surface area contributed by atoms with Crippen LogP contribution in [0.15, 0.2) is 30.3 Å². The summed E-state index contributed by atoms with van der Waals surface area (Å²) < 4.78 is 5.19. The Hall–Kier alpha value is -2.08. The third-order valence-corrected chi connectivity index (χ3v) is 4.66. The summed E-state index contributed by atoms with van der Waals surface area (Å²) in [7, 11) is 1.70. The standard InChI is InChI=1S/C19H28N2O4/c1-25-14-16-9-11-21(12-10-16)19(24)20-17(7-8-18(22)23)13-15-5-3-2-4-6-15/h2-6,16-17H,7-14H2,1H3,(H,20,24)(H,22,23). The number of piperidine rings is 1. The molecule has 1 aromatic carbocycles. The van der Waals surface area contributed by atoms with Crippen LogP contribution in [-0.4, -0.2) is 54.9 Å². The van der Waals surface area contributed by atoms with Crippen molar-refractivity contribution in [1.82, 2.24) is 10.2 Å². The SMILES string of the molecule is COCC1CCN(C(=O)NC(CCC(=O)O)Cc2ccccc2)CC1. The van der Waals surface area contributed by atoms with Gasteiger partial charge in [0.15, 0.2) is 0 Å². The molecule has 1 atom stereocenters. The number of likely N-dealkylation sites (tertiary alicyclic amines) is 1. The summed E-state index contributed by atoms with van der Waals surface area (Å²) in [6, 6.07) is 9.56. The fourth-order valence-corrected chi connectivity index (χ4v) is 3.23. The van der Waals surface area contributed by atoms with Crippen molar-refractivity contribution in [2.24, 2.45) is 5.92 Å². The summed E-state index contributed by atoms with van der Waals surface area (Å²) in [5.74, 6) is -0.325. The summed E-state index contributed by atoms with van der Waals surface area (Å²) in [5.41, 5.74) is 1.09. The molecule has 138 valence electrons. The van der Waals surface area contributed by atoms with Crippen molar-refractivity contribution < 1.29 is 19.4 Å². The van der Waals surface area contributed by atoms with E-state index in [1.165, 1.54) is 0 Å².